The second kappa shape index (κ2) is 6.37. The number of nitrogens with two attached hydrogens (primary N) is 1. The van der Waals surface area contributed by atoms with Gasteiger partial charge in [-0.1, -0.05) is 19.1 Å². The highest BCUT2D eigenvalue weighted by atomic mass is 16.1. The van der Waals surface area contributed by atoms with Crippen molar-refractivity contribution in [1.29, 1.82) is 0 Å². The van der Waals surface area contributed by atoms with Gasteiger partial charge in [0.1, 0.15) is 5.78 Å². The number of hydrogen-bond acceptors (Lipinski definition) is 3. The van der Waals surface area contributed by atoms with Crippen LogP contribution in [0, 0.1) is 0 Å². The van der Waals surface area contributed by atoms with Gasteiger partial charge < -0.3 is 5.73 Å². The van der Waals surface area contributed by atoms with Gasteiger partial charge in [-0.3, -0.25) is 9.48 Å². The maximum Gasteiger partial charge on any atom is 0.137 e. The molecule has 1 aromatic heterocycles. The normalized spacial score (nSPS) is 12.3. The number of carbonyl (C=O) groups is 1. The number of rotatable bonds is 6. The van der Waals surface area contributed by atoms with E-state index in [2.05, 4.69) is 12.0 Å². The van der Waals surface area contributed by atoms with Gasteiger partial charge in [-0.05, 0) is 36.1 Å². The topological polar surface area (TPSA) is 60.9 Å². The molecule has 0 radical (unpaired) electrons. The number of nitrogen functional groups attached to an aromatic ring is 1. The monoisotopic (exact) mass is 271 g/mol. The summed E-state index contributed by atoms with van der Waals surface area (Å²) in [7, 11) is 0. The highest BCUT2D eigenvalue weighted by Gasteiger charge is 2.12. The summed E-state index contributed by atoms with van der Waals surface area (Å²) in [5.74, 6) is 0.453. The predicted octanol–water partition coefficient (Wildman–Crippen LogP) is 2.79. The zero-order chi connectivity index (χ0) is 14.5. The molecular formula is C16H21N3O. The summed E-state index contributed by atoms with van der Waals surface area (Å²) < 4.78 is 1.84. The van der Waals surface area contributed by atoms with Gasteiger partial charge in [0, 0.05) is 31.3 Å². The predicted molar refractivity (Wildman–Crippen MR) is 80.5 cm³/mol. The molecule has 0 amide bonds. The largest absolute Gasteiger partial charge is 0.399 e. The van der Waals surface area contributed by atoms with Crippen LogP contribution >= 0.6 is 0 Å². The molecule has 4 heteroatoms. The molecule has 1 heterocycles. The van der Waals surface area contributed by atoms with Crippen LogP contribution in [-0.2, 0) is 17.8 Å². The summed E-state index contributed by atoms with van der Waals surface area (Å²) in [6, 6.07) is 7.73. The van der Waals surface area contributed by atoms with Gasteiger partial charge in [-0.25, -0.2) is 0 Å². The molecular weight excluding hydrogens is 250 g/mol. The van der Waals surface area contributed by atoms with Crippen molar-refractivity contribution in [2.24, 2.45) is 0 Å². The number of Topliss-reactive ketones (excluding diaryl/α,β-unsaturated/α-hetero) is 1. The van der Waals surface area contributed by atoms with E-state index < -0.39 is 0 Å². The van der Waals surface area contributed by atoms with Crippen LogP contribution in [0.25, 0.3) is 0 Å². The number of aryl methyl sites for hydroxylation is 1. The number of benzene rings is 1. The van der Waals surface area contributed by atoms with E-state index in [4.69, 9.17) is 5.73 Å². The van der Waals surface area contributed by atoms with E-state index in [0.717, 1.165) is 23.4 Å². The third-order valence-electron chi connectivity index (χ3n) is 3.45. The molecule has 2 rings (SSSR count). The quantitative estimate of drug-likeness (QED) is 0.822. The van der Waals surface area contributed by atoms with Gasteiger partial charge in [0.2, 0.25) is 0 Å². The number of aromatic nitrogens is 2. The van der Waals surface area contributed by atoms with Crippen LogP contribution in [-0.4, -0.2) is 15.6 Å². The molecule has 0 bridgehead atoms. The number of carbonyl (C=O) groups excluding carboxylic acids is 1. The molecule has 1 unspecified atom stereocenters. The molecule has 2 N–H and O–H groups in total. The van der Waals surface area contributed by atoms with E-state index in [1.807, 2.05) is 42.1 Å². The minimum atomic E-state index is 0.212. The van der Waals surface area contributed by atoms with Crippen LogP contribution in [0.4, 0.5) is 5.69 Å². The number of nitrogens with zero attached hydrogens (tertiary/aromatic N) is 2. The summed E-state index contributed by atoms with van der Waals surface area (Å²) >= 11 is 0. The Balaban J connectivity index is 1.92. The fourth-order valence-corrected chi connectivity index (χ4v) is 2.25. The third kappa shape index (κ3) is 3.70. The first-order valence-corrected chi connectivity index (χ1v) is 6.97. The van der Waals surface area contributed by atoms with Crippen LogP contribution in [0.3, 0.4) is 0 Å². The maximum absolute atomic E-state index is 12.1. The summed E-state index contributed by atoms with van der Waals surface area (Å²) in [5, 5.41) is 4.19. The Bertz CT molecular complexity index is 572. The Kier molecular flexibility index (Phi) is 4.56. The third-order valence-corrected chi connectivity index (χ3v) is 3.45. The average Bonchev–Trinajstić information content (AvgIpc) is 2.86. The molecule has 1 aromatic carbocycles. The van der Waals surface area contributed by atoms with Crippen molar-refractivity contribution >= 4 is 11.5 Å². The standard InChI is InChI=1S/C16H21N3O/c1-3-19-11-13(10-18-19)9-16(20)8-12(2)14-4-6-15(17)7-5-14/h4-7,10-12H,3,8-9,17H2,1-2H3. The highest BCUT2D eigenvalue weighted by Crippen LogP contribution is 2.21. The number of ketones is 1. The Labute approximate surface area is 119 Å². The fraction of sp³-hybridized carbons (Fsp3) is 0.375. The van der Waals surface area contributed by atoms with Crippen molar-refractivity contribution in [3.63, 3.8) is 0 Å². The lowest BCUT2D eigenvalue weighted by molar-refractivity contribution is -0.118. The van der Waals surface area contributed by atoms with Crippen LogP contribution < -0.4 is 5.73 Å². The average molecular weight is 271 g/mol. The smallest absolute Gasteiger partial charge is 0.137 e. The minimum absolute atomic E-state index is 0.212. The lowest BCUT2D eigenvalue weighted by Crippen LogP contribution is -2.07. The van der Waals surface area contributed by atoms with Crippen molar-refractivity contribution in [2.75, 3.05) is 5.73 Å². The van der Waals surface area contributed by atoms with Crippen LogP contribution in [0.1, 0.15) is 37.3 Å². The SMILES string of the molecule is CCn1cc(CC(=O)CC(C)c2ccc(N)cc2)cn1. The summed E-state index contributed by atoms with van der Waals surface area (Å²) in [6.07, 6.45) is 4.71. The van der Waals surface area contributed by atoms with Crippen LogP contribution in [0.15, 0.2) is 36.7 Å². The second-order valence-electron chi connectivity index (χ2n) is 5.19. The van der Waals surface area contributed by atoms with Gasteiger partial charge in [0.15, 0.2) is 0 Å². The van der Waals surface area contributed by atoms with E-state index >= 15 is 0 Å². The minimum Gasteiger partial charge on any atom is -0.399 e. The van der Waals surface area contributed by atoms with E-state index in [1.54, 1.807) is 6.20 Å². The zero-order valence-electron chi connectivity index (χ0n) is 12.0. The summed E-state index contributed by atoms with van der Waals surface area (Å²) in [5.41, 5.74) is 8.56. The van der Waals surface area contributed by atoms with E-state index in [0.29, 0.717) is 12.8 Å². The molecule has 2 aromatic rings. The summed E-state index contributed by atoms with van der Waals surface area (Å²) in [4.78, 5) is 12.1. The lowest BCUT2D eigenvalue weighted by Gasteiger charge is -2.11. The van der Waals surface area contributed by atoms with Crippen molar-refractivity contribution in [3.8, 4) is 0 Å². The molecule has 20 heavy (non-hydrogen) atoms. The molecule has 4 nitrogen and oxygen atoms in total. The Hall–Kier alpha value is -2.10. The number of hydrogen-bond donors (Lipinski definition) is 1. The van der Waals surface area contributed by atoms with Gasteiger partial charge in [-0.15, -0.1) is 0 Å². The lowest BCUT2D eigenvalue weighted by atomic mass is 9.94. The Morgan fingerprint density at radius 1 is 1.35 bits per heavy atom. The van der Waals surface area contributed by atoms with Crippen LogP contribution in [0.5, 0.6) is 0 Å². The molecule has 0 spiro atoms. The zero-order valence-corrected chi connectivity index (χ0v) is 12.0. The fourth-order valence-electron chi connectivity index (χ4n) is 2.25. The molecule has 0 aliphatic rings. The summed E-state index contributed by atoms with van der Waals surface area (Å²) in [6.45, 7) is 4.93. The van der Waals surface area contributed by atoms with Crippen molar-refractivity contribution in [3.05, 3.63) is 47.8 Å². The van der Waals surface area contributed by atoms with Crippen molar-refractivity contribution in [2.45, 2.75) is 39.2 Å². The van der Waals surface area contributed by atoms with Crippen LogP contribution in [0.2, 0.25) is 0 Å². The first kappa shape index (κ1) is 14.3. The Morgan fingerprint density at radius 3 is 2.65 bits per heavy atom. The number of anilines is 1. The molecule has 106 valence electrons. The molecule has 0 saturated carbocycles. The van der Waals surface area contributed by atoms with E-state index in [-0.39, 0.29) is 11.7 Å². The molecule has 0 aliphatic heterocycles. The van der Waals surface area contributed by atoms with Gasteiger partial charge >= 0.3 is 0 Å². The van der Waals surface area contributed by atoms with Gasteiger partial charge in [0.05, 0.1) is 6.20 Å². The molecule has 0 aliphatic carbocycles. The first-order chi connectivity index (χ1) is 9.58. The van der Waals surface area contributed by atoms with Gasteiger partial charge in [0.25, 0.3) is 0 Å². The van der Waals surface area contributed by atoms with Crippen molar-refractivity contribution in [1.82, 2.24) is 9.78 Å². The molecule has 0 fully saturated rings. The second-order valence-corrected chi connectivity index (χ2v) is 5.19. The van der Waals surface area contributed by atoms with E-state index in [1.165, 1.54) is 0 Å². The molecule has 0 saturated heterocycles. The maximum atomic E-state index is 12.1. The van der Waals surface area contributed by atoms with Gasteiger partial charge in [-0.2, -0.15) is 5.10 Å². The Morgan fingerprint density at radius 2 is 2.05 bits per heavy atom. The highest BCUT2D eigenvalue weighted by molar-refractivity contribution is 5.81. The van der Waals surface area contributed by atoms with E-state index in [9.17, 15) is 4.79 Å². The molecule has 1 atom stereocenters. The van der Waals surface area contributed by atoms with Crippen molar-refractivity contribution < 1.29 is 4.79 Å². The first-order valence-electron chi connectivity index (χ1n) is 6.97.